The zero-order valence-electron chi connectivity index (χ0n) is 28.6. The molecule has 0 fully saturated rings. The Kier molecular flexibility index (Phi) is 6.55. The van der Waals surface area contributed by atoms with Crippen LogP contribution in [0.3, 0.4) is 0 Å². The molecular weight excluding hydrogens is 645 g/mol. The van der Waals surface area contributed by atoms with E-state index in [4.69, 9.17) is 14.4 Å². The molecule has 0 amide bonds. The summed E-state index contributed by atoms with van der Waals surface area (Å²) in [5.74, 6) is 0. The zero-order valence-corrected chi connectivity index (χ0v) is 28.6. The Labute approximate surface area is 305 Å². The van der Waals surface area contributed by atoms with Crippen LogP contribution in [0.25, 0.3) is 110 Å². The summed E-state index contributed by atoms with van der Waals surface area (Å²) in [6.07, 6.45) is 3.57. The van der Waals surface area contributed by atoms with Crippen molar-refractivity contribution < 1.29 is 4.42 Å². The van der Waals surface area contributed by atoms with Gasteiger partial charge in [-0.1, -0.05) is 152 Å². The molecule has 53 heavy (non-hydrogen) atoms. The van der Waals surface area contributed by atoms with Gasteiger partial charge in [0.1, 0.15) is 11.2 Å². The summed E-state index contributed by atoms with van der Waals surface area (Å²) in [5, 5.41) is 9.37. The molecule has 2 aromatic heterocycles. The molecule has 3 heteroatoms. The third-order valence-corrected chi connectivity index (χ3v) is 10.8. The summed E-state index contributed by atoms with van der Waals surface area (Å²) in [4.78, 5) is 9.54. The van der Waals surface area contributed by atoms with E-state index in [1.807, 2.05) is 12.1 Å². The van der Waals surface area contributed by atoms with Crippen LogP contribution < -0.4 is 0 Å². The number of rotatable bonds is 4. The predicted octanol–water partition coefficient (Wildman–Crippen LogP) is 13.7. The van der Waals surface area contributed by atoms with Gasteiger partial charge in [0.15, 0.2) is 0 Å². The number of hydrogen-bond donors (Lipinski definition) is 0. The standard InChI is InChI=1S/C50H30N2O/c1-2-13-44-41(11-1)42-26-25-34(30-46(42)49-48(44)51-27-28-52-49)33-9-5-10-35(29-33)37-15-7-17-39-36(14-6-18-40(37)39)31-21-23-32(24-22-31)38-16-8-19-45-43-12-3-4-20-47(43)53-50(38)45/h1-30H. The molecular formula is C50H30N2O. The zero-order chi connectivity index (χ0) is 34.9. The molecule has 0 bridgehead atoms. The van der Waals surface area contributed by atoms with E-state index in [1.165, 1.54) is 43.8 Å². The van der Waals surface area contributed by atoms with E-state index >= 15 is 0 Å². The van der Waals surface area contributed by atoms with Crippen molar-refractivity contribution in [2.24, 2.45) is 0 Å². The molecule has 0 spiro atoms. The molecule has 3 nitrogen and oxygen atoms in total. The Morgan fingerprint density at radius 3 is 1.58 bits per heavy atom. The molecule has 11 rings (SSSR count). The number of furan rings is 1. The second-order valence-electron chi connectivity index (χ2n) is 13.7. The van der Waals surface area contributed by atoms with Gasteiger partial charge in [-0.05, 0) is 78.7 Å². The SMILES string of the molecule is c1cc(-c2ccc3c4ccccc4c4nccnc4c3c2)cc(-c2cccc3c(-c4ccc(-c5cccc6c5oc5ccccc56)cc4)cccc23)c1. The quantitative estimate of drug-likeness (QED) is 0.174. The topological polar surface area (TPSA) is 38.9 Å². The number of benzene rings is 9. The van der Waals surface area contributed by atoms with Gasteiger partial charge in [-0.15, -0.1) is 0 Å². The number of fused-ring (bicyclic) bond motifs is 10. The number of aromatic nitrogens is 2. The second-order valence-corrected chi connectivity index (χ2v) is 13.7. The van der Waals surface area contributed by atoms with Gasteiger partial charge < -0.3 is 4.42 Å². The Bertz CT molecular complexity index is 3190. The molecule has 11 aromatic rings. The third-order valence-electron chi connectivity index (χ3n) is 10.8. The molecule has 0 atom stereocenters. The van der Waals surface area contributed by atoms with E-state index < -0.39 is 0 Å². The van der Waals surface area contributed by atoms with Gasteiger partial charge in [0.25, 0.3) is 0 Å². The first-order valence-corrected chi connectivity index (χ1v) is 18.0. The maximum atomic E-state index is 6.35. The number of nitrogens with zero attached hydrogens (tertiary/aromatic N) is 2. The maximum absolute atomic E-state index is 6.35. The van der Waals surface area contributed by atoms with E-state index in [-0.39, 0.29) is 0 Å². The Morgan fingerprint density at radius 2 is 0.811 bits per heavy atom. The fourth-order valence-corrected chi connectivity index (χ4v) is 8.29. The van der Waals surface area contributed by atoms with Gasteiger partial charge in [0, 0.05) is 39.5 Å². The number of para-hydroxylation sites is 2. The van der Waals surface area contributed by atoms with Crippen molar-refractivity contribution in [1.82, 2.24) is 9.97 Å². The highest BCUT2D eigenvalue weighted by molar-refractivity contribution is 6.23. The molecule has 246 valence electrons. The molecule has 0 aliphatic carbocycles. The highest BCUT2D eigenvalue weighted by Gasteiger charge is 2.15. The van der Waals surface area contributed by atoms with Crippen LogP contribution in [0.1, 0.15) is 0 Å². The minimum atomic E-state index is 0.915. The number of hydrogen-bond acceptors (Lipinski definition) is 3. The van der Waals surface area contributed by atoms with Crippen LogP contribution in [0.4, 0.5) is 0 Å². The van der Waals surface area contributed by atoms with Crippen LogP contribution in [-0.4, -0.2) is 9.97 Å². The predicted molar refractivity (Wildman–Crippen MR) is 221 cm³/mol. The monoisotopic (exact) mass is 674 g/mol. The van der Waals surface area contributed by atoms with Crippen molar-refractivity contribution in [2.45, 2.75) is 0 Å². The lowest BCUT2D eigenvalue weighted by Gasteiger charge is -2.14. The van der Waals surface area contributed by atoms with E-state index in [0.29, 0.717) is 0 Å². The van der Waals surface area contributed by atoms with Crippen LogP contribution in [0.5, 0.6) is 0 Å². The minimum Gasteiger partial charge on any atom is -0.455 e. The molecule has 0 aliphatic heterocycles. The lowest BCUT2D eigenvalue weighted by Crippen LogP contribution is -1.89. The second kappa shape index (κ2) is 11.7. The normalized spacial score (nSPS) is 11.8. The Hall–Kier alpha value is -7.10. The smallest absolute Gasteiger partial charge is 0.143 e. The lowest BCUT2D eigenvalue weighted by atomic mass is 9.90. The molecule has 2 heterocycles. The van der Waals surface area contributed by atoms with Crippen molar-refractivity contribution >= 4 is 65.3 Å². The summed E-state index contributed by atoms with van der Waals surface area (Å²) in [6.45, 7) is 0. The van der Waals surface area contributed by atoms with Gasteiger partial charge in [-0.3, -0.25) is 9.97 Å². The van der Waals surface area contributed by atoms with Crippen molar-refractivity contribution in [3.05, 3.63) is 182 Å². The fourth-order valence-electron chi connectivity index (χ4n) is 8.29. The van der Waals surface area contributed by atoms with Crippen molar-refractivity contribution in [1.29, 1.82) is 0 Å². The summed E-state index contributed by atoms with van der Waals surface area (Å²) in [5.41, 5.74) is 13.1. The Balaban J connectivity index is 0.985. The van der Waals surface area contributed by atoms with Crippen molar-refractivity contribution in [3.8, 4) is 44.5 Å². The van der Waals surface area contributed by atoms with Gasteiger partial charge in [-0.25, -0.2) is 0 Å². The van der Waals surface area contributed by atoms with E-state index in [0.717, 1.165) is 66.0 Å². The third kappa shape index (κ3) is 4.68. The van der Waals surface area contributed by atoms with E-state index in [1.54, 1.807) is 12.4 Å². The first-order chi connectivity index (χ1) is 26.3. The molecule has 0 saturated heterocycles. The van der Waals surface area contributed by atoms with Gasteiger partial charge >= 0.3 is 0 Å². The largest absolute Gasteiger partial charge is 0.455 e. The first kappa shape index (κ1) is 29.6. The first-order valence-electron chi connectivity index (χ1n) is 18.0. The van der Waals surface area contributed by atoms with Crippen LogP contribution >= 0.6 is 0 Å². The molecule has 0 saturated carbocycles. The summed E-state index contributed by atoms with van der Waals surface area (Å²) in [7, 11) is 0. The van der Waals surface area contributed by atoms with Crippen LogP contribution in [-0.2, 0) is 0 Å². The van der Waals surface area contributed by atoms with Gasteiger partial charge in [0.2, 0.25) is 0 Å². The van der Waals surface area contributed by atoms with Crippen LogP contribution in [0.2, 0.25) is 0 Å². The molecule has 0 radical (unpaired) electrons. The maximum Gasteiger partial charge on any atom is 0.143 e. The summed E-state index contributed by atoms with van der Waals surface area (Å²) < 4.78 is 6.35. The van der Waals surface area contributed by atoms with E-state index in [2.05, 4.69) is 158 Å². The van der Waals surface area contributed by atoms with Crippen LogP contribution in [0, 0.1) is 0 Å². The molecule has 9 aromatic carbocycles. The molecule has 0 N–H and O–H groups in total. The highest BCUT2D eigenvalue weighted by Crippen LogP contribution is 2.40. The minimum absolute atomic E-state index is 0.915. The van der Waals surface area contributed by atoms with Gasteiger partial charge in [-0.2, -0.15) is 0 Å². The van der Waals surface area contributed by atoms with Gasteiger partial charge in [0.05, 0.1) is 11.0 Å². The van der Waals surface area contributed by atoms with Crippen molar-refractivity contribution in [2.75, 3.05) is 0 Å². The average Bonchev–Trinajstić information content (AvgIpc) is 3.62. The molecule has 0 unspecified atom stereocenters. The molecule has 0 aliphatic rings. The van der Waals surface area contributed by atoms with Crippen molar-refractivity contribution in [3.63, 3.8) is 0 Å². The highest BCUT2D eigenvalue weighted by atomic mass is 16.3. The van der Waals surface area contributed by atoms with Crippen LogP contribution in [0.15, 0.2) is 187 Å². The lowest BCUT2D eigenvalue weighted by molar-refractivity contribution is 0.670. The van der Waals surface area contributed by atoms with E-state index in [9.17, 15) is 0 Å². The Morgan fingerprint density at radius 1 is 0.302 bits per heavy atom. The fraction of sp³-hybridized carbons (Fsp3) is 0. The average molecular weight is 675 g/mol. The summed E-state index contributed by atoms with van der Waals surface area (Å²) in [6, 6.07) is 60.9. The summed E-state index contributed by atoms with van der Waals surface area (Å²) >= 11 is 0.